The fourth-order valence-electron chi connectivity index (χ4n) is 3.48. The molecule has 0 amide bonds. The van der Waals surface area contributed by atoms with Crippen LogP contribution in [0.2, 0.25) is 0 Å². The first-order valence-corrected chi connectivity index (χ1v) is 7.73. The molecule has 0 bridgehead atoms. The third-order valence-electron chi connectivity index (χ3n) is 4.43. The van der Waals surface area contributed by atoms with Gasteiger partial charge in [0.25, 0.3) is 0 Å². The van der Waals surface area contributed by atoms with Gasteiger partial charge in [-0.1, -0.05) is 13.0 Å². The first-order chi connectivity index (χ1) is 8.86. The molecule has 2 aliphatic heterocycles. The summed E-state index contributed by atoms with van der Waals surface area (Å²) < 4.78 is 1.46. The number of likely N-dealkylation sites (N-methyl/N-ethyl adjacent to an activating group) is 1. The molecule has 0 spiro atoms. The van der Waals surface area contributed by atoms with Gasteiger partial charge in [0.1, 0.15) is 0 Å². The van der Waals surface area contributed by atoms with Crippen LogP contribution in [-0.4, -0.2) is 37.1 Å². The molecular weight excluding hydrogens is 240 g/mol. The number of anilines is 1. The number of hydrogen-bond acceptors (Lipinski definition) is 3. The van der Waals surface area contributed by atoms with Crippen molar-refractivity contribution in [1.82, 2.24) is 4.90 Å². The molecule has 1 unspecified atom stereocenters. The molecule has 0 radical (unpaired) electrons. The van der Waals surface area contributed by atoms with Crippen molar-refractivity contribution in [3.63, 3.8) is 0 Å². The van der Waals surface area contributed by atoms with Gasteiger partial charge in [-0.2, -0.15) is 0 Å². The van der Waals surface area contributed by atoms with Crippen LogP contribution < -0.4 is 4.90 Å². The van der Waals surface area contributed by atoms with Crippen molar-refractivity contribution in [1.29, 1.82) is 0 Å². The van der Waals surface area contributed by atoms with Gasteiger partial charge in [-0.3, -0.25) is 4.90 Å². The number of rotatable bonds is 1. The number of hydrogen-bond donors (Lipinski definition) is 0. The second kappa shape index (κ2) is 3.97. The second-order valence-electron chi connectivity index (χ2n) is 5.36. The lowest BCUT2D eigenvalue weighted by atomic mass is 9.94. The Balaban J connectivity index is 1.81. The zero-order chi connectivity index (χ0) is 12.1. The summed E-state index contributed by atoms with van der Waals surface area (Å²) in [7, 11) is 0. The minimum Gasteiger partial charge on any atom is -0.365 e. The van der Waals surface area contributed by atoms with E-state index in [2.05, 4.69) is 40.3 Å². The van der Waals surface area contributed by atoms with Gasteiger partial charge in [0.05, 0.1) is 0 Å². The van der Waals surface area contributed by atoms with E-state index in [0.717, 1.165) is 0 Å². The van der Waals surface area contributed by atoms with Crippen molar-refractivity contribution in [2.45, 2.75) is 19.4 Å². The highest BCUT2D eigenvalue weighted by molar-refractivity contribution is 7.17. The number of nitrogens with zero attached hydrogens (tertiary/aromatic N) is 2. The van der Waals surface area contributed by atoms with Gasteiger partial charge in [0.15, 0.2) is 0 Å². The first-order valence-electron chi connectivity index (χ1n) is 6.85. The maximum absolute atomic E-state index is 2.65. The van der Waals surface area contributed by atoms with Crippen molar-refractivity contribution in [3.8, 4) is 0 Å². The molecule has 4 rings (SSSR count). The van der Waals surface area contributed by atoms with Gasteiger partial charge in [0.2, 0.25) is 0 Å². The predicted molar refractivity (Wildman–Crippen MR) is 78.8 cm³/mol. The van der Waals surface area contributed by atoms with Crippen LogP contribution in [0.25, 0.3) is 10.1 Å². The topological polar surface area (TPSA) is 6.48 Å². The van der Waals surface area contributed by atoms with Gasteiger partial charge in [-0.05, 0) is 36.0 Å². The number of benzene rings is 1. The zero-order valence-corrected chi connectivity index (χ0v) is 11.5. The fraction of sp³-hybridized carbons (Fsp3) is 0.467. The Morgan fingerprint density at radius 1 is 1.33 bits per heavy atom. The van der Waals surface area contributed by atoms with E-state index in [4.69, 9.17) is 0 Å². The molecule has 2 nitrogen and oxygen atoms in total. The van der Waals surface area contributed by atoms with Gasteiger partial charge >= 0.3 is 0 Å². The molecule has 94 valence electrons. The largest absolute Gasteiger partial charge is 0.365 e. The molecule has 2 aromatic rings. The van der Waals surface area contributed by atoms with E-state index in [1.807, 2.05) is 11.3 Å². The number of fused-ring (bicyclic) bond motifs is 2. The first kappa shape index (κ1) is 10.8. The summed E-state index contributed by atoms with van der Waals surface area (Å²) in [5.74, 6) is 0. The van der Waals surface area contributed by atoms with Crippen molar-refractivity contribution < 1.29 is 0 Å². The molecular formula is C15H18N2S. The summed E-state index contributed by atoms with van der Waals surface area (Å²) in [4.78, 5) is 5.23. The van der Waals surface area contributed by atoms with Crippen molar-refractivity contribution in [3.05, 3.63) is 29.1 Å². The van der Waals surface area contributed by atoms with Gasteiger partial charge in [0, 0.05) is 41.4 Å². The monoisotopic (exact) mass is 258 g/mol. The third kappa shape index (κ3) is 1.44. The van der Waals surface area contributed by atoms with Crippen LogP contribution in [0.3, 0.4) is 0 Å². The van der Waals surface area contributed by atoms with Crippen LogP contribution >= 0.6 is 11.3 Å². The van der Waals surface area contributed by atoms with Crippen LogP contribution in [0.1, 0.15) is 12.5 Å². The van der Waals surface area contributed by atoms with Crippen LogP contribution in [0.4, 0.5) is 5.69 Å². The summed E-state index contributed by atoms with van der Waals surface area (Å²) in [5, 5.41) is 3.90. The summed E-state index contributed by atoms with van der Waals surface area (Å²) >= 11 is 1.90. The van der Waals surface area contributed by atoms with E-state index in [-0.39, 0.29) is 0 Å². The SMILES string of the molecule is CCN1CCN2c3cccc4scc(c34)CC2C1. The van der Waals surface area contributed by atoms with Crippen molar-refractivity contribution in [2.75, 3.05) is 31.1 Å². The van der Waals surface area contributed by atoms with E-state index in [0.29, 0.717) is 6.04 Å². The van der Waals surface area contributed by atoms with Crippen LogP contribution in [-0.2, 0) is 6.42 Å². The maximum Gasteiger partial charge on any atom is 0.0460 e. The van der Waals surface area contributed by atoms with E-state index in [1.165, 1.54) is 48.4 Å². The lowest BCUT2D eigenvalue weighted by molar-refractivity contribution is 0.231. The molecule has 1 atom stereocenters. The van der Waals surface area contributed by atoms with E-state index in [9.17, 15) is 0 Å². The Kier molecular flexibility index (Phi) is 2.39. The Hall–Kier alpha value is -1.06. The van der Waals surface area contributed by atoms with E-state index < -0.39 is 0 Å². The van der Waals surface area contributed by atoms with Crippen LogP contribution in [0.15, 0.2) is 23.6 Å². The minimum atomic E-state index is 0.686. The normalized spacial score (nSPS) is 23.4. The van der Waals surface area contributed by atoms with E-state index >= 15 is 0 Å². The standard InChI is InChI=1S/C15H18N2S/c1-2-16-6-7-17-12(9-16)8-11-10-18-14-5-3-4-13(17)15(11)14/h3-5,10,12H,2,6-9H2,1H3. The van der Waals surface area contributed by atoms with Crippen LogP contribution in [0.5, 0.6) is 0 Å². The summed E-state index contributed by atoms with van der Waals surface area (Å²) in [6.45, 7) is 7.08. The van der Waals surface area contributed by atoms with E-state index in [1.54, 1.807) is 5.56 Å². The Labute approximate surface area is 112 Å². The Bertz CT molecular complexity index is 589. The average molecular weight is 258 g/mol. The van der Waals surface area contributed by atoms with Gasteiger partial charge in [-0.15, -0.1) is 11.3 Å². The third-order valence-corrected chi connectivity index (χ3v) is 5.43. The van der Waals surface area contributed by atoms with Crippen molar-refractivity contribution in [2.24, 2.45) is 0 Å². The second-order valence-corrected chi connectivity index (χ2v) is 6.27. The summed E-state index contributed by atoms with van der Waals surface area (Å²) in [6, 6.07) is 7.47. The Morgan fingerprint density at radius 3 is 3.17 bits per heavy atom. The fourth-order valence-corrected chi connectivity index (χ4v) is 4.47. The molecule has 1 aromatic carbocycles. The molecule has 1 aromatic heterocycles. The maximum atomic E-state index is 2.65. The molecule has 0 saturated carbocycles. The van der Waals surface area contributed by atoms with Crippen molar-refractivity contribution >= 4 is 27.1 Å². The molecule has 0 aliphatic carbocycles. The lowest BCUT2D eigenvalue weighted by Gasteiger charge is -2.45. The lowest BCUT2D eigenvalue weighted by Crippen LogP contribution is -2.55. The summed E-state index contributed by atoms with van der Waals surface area (Å²) in [5.41, 5.74) is 3.06. The predicted octanol–water partition coefficient (Wildman–Crippen LogP) is 2.97. The quantitative estimate of drug-likeness (QED) is 0.776. The Morgan fingerprint density at radius 2 is 2.28 bits per heavy atom. The average Bonchev–Trinajstić information content (AvgIpc) is 2.83. The smallest absolute Gasteiger partial charge is 0.0460 e. The molecule has 2 aliphatic rings. The molecule has 3 heterocycles. The number of thiophene rings is 1. The highest BCUT2D eigenvalue weighted by atomic mass is 32.1. The highest BCUT2D eigenvalue weighted by Gasteiger charge is 2.32. The molecule has 1 saturated heterocycles. The highest BCUT2D eigenvalue weighted by Crippen LogP contribution is 2.40. The van der Waals surface area contributed by atoms with Gasteiger partial charge in [-0.25, -0.2) is 0 Å². The zero-order valence-electron chi connectivity index (χ0n) is 10.7. The minimum absolute atomic E-state index is 0.686. The number of piperazine rings is 1. The van der Waals surface area contributed by atoms with Gasteiger partial charge < -0.3 is 4.90 Å². The molecule has 1 fully saturated rings. The molecule has 3 heteroatoms. The molecule has 0 N–H and O–H groups in total. The summed E-state index contributed by atoms with van der Waals surface area (Å²) in [6.07, 6.45) is 1.23. The van der Waals surface area contributed by atoms with Crippen LogP contribution in [0, 0.1) is 0 Å². The molecule has 18 heavy (non-hydrogen) atoms.